The van der Waals surface area contributed by atoms with E-state index in [0.717, 1.165) is 0 Å². The van der Waals surface area contributed by atoms with Crippen molar-refractivity contribution in [2.45, 2.75) is 12.8 Å². The molecule has 84 valence electrons. The van der Waals surface area contributed by atoms with E-state index in [9.17, 15) is 4.79 Å². The Balaban J connectivity index is 2.39. The van der Waals surface area contributed by atoms with Crippen LogP contribution in [0.15, 0.2) is 22.6 Å². The van der Waals surface area contributed by atoms with Gasteiger partial charge in [0.15, 0.2) is 5.58 Å². The smallest absolute Gasteiger partial charge is 0.338 e. The molecule has 0 unspecified atom stereocenters. The van der Waals surface area contributed by atoms with Crippen LogP contribution in [0, 0.1) is 0 Å². The van der Waals surface area contributed by atoms with Gasteiger partial charge in [0.2, 0.25) is 5.89 Å². The fourth-order valence-electron chi connectivity index (χ4n) is 1.37. The van der Waals surface area contributed by atoms with Crippen molar-refractivity contribution < 1.29 is 13.9 Å². The molecule has 0 aliphatic carbocycles. The fraction of sp³-hybridized carbons (Fsp3) is 0.273. The molecule has 1 heterocycles. The molecule has 0 saturated heterocycles. The molecule has 5 heteroatoms. The number of hydrogen-bond donors (Lipinski definition) is 0. The molecule has 0 N–H and O–H groups in total. The summed E-state index contributed by atoms with van der Waals surface area (Å²) in [5.41, 5.74) is 1.69. The first kappa shape index (κ1) is 11.0. The lowest BCUT2D eigenvalue weighted by Gasteiger charge is -2.00. The standard InChI is InChI=1S/C11H10ClNO3/c1-2-15-11(14)7-3-4-9-8(5-7)13-10(6-12)16-9/h3-5H,2,6H2,1H3. The Hall–Kier alpha value is -1.55. The van der Waals surface area contributed by atoms with Gasteiger partial charge in [0.05, 0.1) is 18.1 Å². The molecular weight excluding hydrogens is 230 g/mol. The van der Waals surface area contributed by atoms with Crippen molar-refractivity contribution in [1.29, 1.82) is 0 Å². The zero-order valence-corrected chi connectivity index (χ0v) is 9.45. The minimum Gasteiger partial charge on any atom is -0.462 e. The van der Waals surface area contributed by atoms with Gasteiger partial charge in [-0.25, -0.2) is 9.78 Å². The number of fused-ring (bicyclic) bond motifs is 1. The monoisotopic (exact) mass is 239 g/mol. The van der Waals surface area contributed by atoms with Gasteiger partial charge in [0.25, 0.3) is 0 Å². The van der Waals surface area contributed by atoms with E-state index in [2.05, 4.69) is 4.98 Å². The van der Waals surface area contributed by atoms with Crippen LogP contribution in [-0.2, 0) is 10.6 Å². The van der Waals surface area contributed by atoms with Crippen LogP contribution in [0.2, 0.25) is 0 Å². The number of carbonyl (C=O) groups is 1. The summed E-state index contributed by atoms with van der Waals surface area (Å²) in [6.45, 7) is 2.11. The quantitative estimate of drug-likeness (QED) is 0.611. The lowest BCUT2D eigenvalue weighted by Crippen LogP contribution is -2.03. The third-order valence-electron chi connectivity index (χ3n) is 2.06. The second kappa shape index (κ2) is 4.53. The molecule has 0 aliphatic heterocycles. The van der Waals surface area contributed by atoms with Crippen LogP contribution in [0.3, 0.4) is 0 Å². The van der Waals surface area contributed by atoms with Crippen molar-refractivity contribution in [3.8, 4) is 0 Å². The summed E-state index contributed by atoms with van der Waals surface area (Å²) in [6, 6.07) is 4.96. The molecule has 0 bridgehead atoms. The van der Waals surface area contributed by atoms with Crippen LogP contribution in [0.5, 0.6) is 0 Å². The van der Waals surface area contributed by atoms with Gasteiger partial charge in [0.1, 0.15) is 5.52 Å². The normalized spacial score (nSPS) is 10.6. The summed E-state index contributed by atoms with van der Waals surface area (Å²) in [5.74, 6) is 0.293. The van der Waals surface area contributed by atoms with E-state index in [1.165, 1.54) is 0 Å². The Bertz CT molecular complexity index is 521. The molecular formula is C11H10ClNO3. The van der Waals surface area contributed by atoms with E-state index in [-0.39, 0.29) is 11.8 Å². The molecule has 0 saturated carbocycles. The van der Waals surface area contributed by atoms with E-state index in [1.54, 1.807) is 25.1 Å². The predicted octanol–water partition coefficient (Wildman–Crippen LogP) is 2.74. The van der Waals surface area contributed by atoms with Gasteiger partial charge in [-0.2, -0.15) is 0 Å². The maximum absolute atomic E-state index is 11.5. The Kier molecular flexibility index (Phi) is 3.10. The van der Waals surface area contributed by atoms with Crippen LogP contribution < -0.4 is 0 Å². The highest BCUT2D eigenvalue weighted by molar-refractivity contribution is 6.16. The number of halogens is 1. The second-order valence-corrected chi connectivity index (χ2v) is 3.41. The van der Waals surface area contributed by atoms with Crippen molar-refractivity contribution in [2.75, 3.05) is 6.61 Å². The topological polar surface area (TPSA) is 52.3 Å². The zero-order chi connectivity index (χ0) is 11.5. The Morgan fingerprint density at radius 1 is 1.56 bits per heavy atom. The number of alkyl halides is 1. The molecule has 1 aromatic carbocycles. The molecule has 2 aromatic rings. The summed E-state index contributed by atoms with van der Waals surface area (Å²) in [6.07, 6.45) is 0. The maximum Gasteiger partial charge on any atom is 0.338 e. The zero-order valence-electron chi connectivity index (χ0n) is 8.70. The molecule has 0 fully saturated rings. The number of benzene rings is 1. The van der Waals surface area contributed by atoms with E-state index in [4.69, 9.17) is 20.8 Å². The molecule has 4 nitrogen and oxygen atoms in total. The number of ether oxygens (including phenoxy) is 1. The highest BCUT2D eigenvalue weighted by atomic mass is 35.5. The maximum atomic E-state index is 11.5. The first-order chi connectivity index (χ1) is 7.74. The number of esters is 1. The summed E-state index contributed by atoms with van der Waals surface area (Å²) < 4.78 is 10.2. The van der Waals surface area contributed by atoms with E-state index in [1.807, 2.05) is 0 Å². The predicted molar refractivity (Wildman–Crippen MR) is 59.5 cm³/mol. The SMILES string of the molecule is CCOC(=O)c1ccc2oc(CCl)nc2c1. The van der Waals surface area contributed by atoms with E-state index < -0.39 is 0 Å². The minimum absolute atomic E-state index is 0.212. The van der Waals surface area contributed by atoms with Crippen LogP contribution in [0.25, 0.3) is 11.1 Å². The van der Waals surface area contributed by atoms with Crippen LogP contribution in [0.1, 0.15) is 23.2 Å². The van der Waals surface area contributed by atoms with E-state index in [0.29, 0.717) is 29.2 Å². The van der Waals surface area contributed by atoms with Crippen LogP contribution >= 0.6 is 11.6 Å². The van der Waals surface area contributed by atoms with Crippen LogP contribution in [0.4, 0.5) is 0 Å². The first-order valence-corrected chi connectivity index (χ1v) is 5.40. The molecule has 0 aliphatic rings. The molecule has 0 radical (unpaired) electrons. The lowest BCUT2D eigenvalue weighted by molar-refractivity contribution is 0.0526. The molecule has 0 atom stereocenters. The first-order valence-electron chi connectivity index (χ1n) is 4.87. The van der Waals surface area contributed by atoms with Gasteiger partial charge >= 0.3 is 5.97 Å². The summed E-state index contributed by atoms with van der Waals surface area (Å²) >= 11 is 5.60. The third-order valence-corrected chi connectivity index (χ3v) is 2.29. The number of nitrogens with zero attached hydrogens (tertiary/aromatic N) is 1. The average molecular weight is 240 g/mol. The van der Waals surface area contributed by atoms with Gasteiger partial charge in [-0.3, -0.25) is 0 Å². The summed E-state index contributed by atoms with van der Waals surface area (Å²) in [4.78, 5) is 15.6. The molecule has 2 rings (SSSR count). The van der Waals surface area contributed by atoms with Gasteiger partial charge in [0, 0.05) is 0 Å². The Morgan fingerprint density at radius 2 is 2.38 bits per heavy atom. The minimum atomic E-state index is -0.361. The summed E-state index contributed by atoms with van der Waals surface area (Å²) in [5, 5.41) is 0. The summed E-state index contributed by atoms with van der Waals surface area (Å²) in [7, 11) is 0. The van der Waals surface area contributed by atoms with Crippen molar-refractivity contribution in [3.63, 3.8) is 0 Å². The van der Waals surface area contributed by atoms with Crippen molar-refractivity contribution in [2.24, 2.45) is 0 Å². The van der Waals surface area contributed by atoms with Gasteiger partial charge in [-0.1, -0.05) is 0 Å². The van der Waals surface area contributed by atoms with Gasteiger partial charge in [-0.05, 0) is 25.1 Å². The van der Waals surface area contributed by atoms with Gasteiger partial charge in [-0.15, -0.1) is 11.6 Å². The highest BCUT2D eigenvalue weighted by Gasteiger charge is 2.10. The van der Waals surface area contributed by atoms with Crippen LogP contribution in [-0.4, -0.2) is 17.6 Å². The Morgan fingerprint density at radius 3 is 3.06 bits per heavy atom. The van der Waals surface area contributed by atoms with Crippen molar-refractivity contribution in [1.82, 2.24) is 4.98 Å². The fourth-order valence-corrected chi connectivity index (χ4v) is 1.49. The Labute approximate surface area is 97.2 Å². The molecule has 16 heavy (non-hydrogen) atoms. The van der Waals surface area contributed by atoms with Crippen molar-refractivity contribution in [3.05, 3.63) is 29.7 Å². The van der Waals surface area contributed by atoms with E-state index >= 15 is 0 Å². The third kappa shape index (κ3) is 2.02. The molecule has 0 spiro atoms. The molecule has 0 amide bonds. The number of aromatic nitrogens is 1. The largest absolute Gasteiger partial charge is 0.462 e. The number of carbonyl (C=O) groups excluding carboxylic acids is 1. The highest BCUT2D eigenvalue weighted by Crippen LogP contribution is 2.18. The second-order valence-electron chi connectivity index (χ2n) is 3.14. The number of oxazole rings is 1. The molecule has 1 aromatic heterocycles. The van der Waals surface area contributed by atoms with Crippen molar-refractivity contribution >= 4 is 28.7 Å². The van der Waals surface area contributed by atoms with Gasteiger partial charge < -0.3 is 9.15 Å². The number of rotatable bonds is 3. The number of hydrogen-bond acceptors (Lipinski definition) is 4. The average Bonchev–Trinajstić information content (AvgIpc) is 2.70. The lowest BCUT2D eigenvalue weighted by atomic mass is 10.2.